The van der Waals surface area contributed by atoms with Crippen LogP contribution in [0.1, 0.15) is 51.0 Å². The zero-order valence-corrected chi connectivity index (χ0v) is 15.7. The maximum atomic E-state index is 13.0. The van der Waals surface area contributed by atoms with Crippen molar-refractivity contribution in [3.05, 3.63) is 63.6 Å². The predicted molar refractivity (Wildman–Crippen MR) is 107 cm³/mol. The van der Waals surface area contributed by atoms with Gasteiger partial charge >= 0.3 is 0 Å². The molecule has 0 spiro atoms. The predicted octanol–water partition coefficient (Wildman–Crippen LogP) is 5.17. The SMILES string of the molecule is CCCC1=C(S)C(NC2CCC(=Cc3ccc(F)cc3)CC2)=CCN1. The van der Waals surface area contributed by atoms with Crippen molar-refractivity contribution in [2.45, 2.75) is 51.5 Å². The summed E-state index contributed by atoms with van der Waals surface area (Å²) in [6.07, 6.45) is 11.0. The Bertz CT molecular complexity index is 678. The van der Waals surface area contributed by atoms with Crippen LogP contribution in [-0.4, -0.2) is 12.6 Å². The van der Waals surface area contributed by atoms with E-state index in [2.05, 4.69) is 29.7 Å². The molecule has 0 aromatic heterocycles. The van der Waals surface area contributed by atoms with Gasteiger partial charge in [-0.1, -0.05) is 37.1 Å². The van der Waals surface area contributed by atoms with Crippen LogP contribution < -0.4 is 10.6 Å². The van der Waals surface area contributed by atoms with E-state index < -0.39 is 0 Å². The molecule has 2 aliphatic rings. The van der Waals surface area contributed by atoms with Crippen LogP contribution in [0.2, 0.25) is 0 Å². The zero-order valence-electron chi connectivity index (χ0n) is 14.8. The standard InChI is InChI=1S/C21H27FN2S/c1-2-3-19-21(25)20(12-13-23-19)24-18-10-6-16(7-11-18)14-15-4-8-17(22)9-5-15/h4-5,8-9,12,14,18,23-25H,2-3,6-7,10-11,13H2,1H3. The van der Waals surface area contributed by atoms with Gasteiger partial charge in [0.2, 0.25) is 0 Å². The van der Waals surface area contributed by atoms with Gasteiger partial charge < -0.3 is 10.6 Å². The first-order chi connectivity index (χ1) is 12.2. The molecule has 1 aromatic carbocycles. The highest BCUT2D eigenvalue weighted by molar-refractivity contribution is 7.84. The molecule has 0 radical (unpaired) electrons. The van der Waals surface area contributed by atoms with Crippen LogP contribution in [0.15, 0.2) is 52.2 Å². The minimum atomic E-state index is -0.177. The van der Waals surface area contributed by atoms with Crippen LogP contribution in [0.5, 0.6) is 0 Å². The summed E-state index contributed by atoms with van der Waals surface area (Å²) < 4.78 is 13.0. The van der Waals surface area contributed by atoms with Crippen molar-refractivity contribution < 1.29 is 4.39 Å². The second kappa shape index (κ2) is 8.61. The van der Waals surface area contributed by atoms with Gasteiger partial charge in [-0.25, -0.2) is 4.39 Å². The molecular formula is C21H27FN2S. The van der Waals surface area contributed by atoms with Crippen molar-refractivity contribution in [2.75, 3.05) is 6.54 Å². The summed E-state index contributed by atoms with van der Waals surface area (Å²) in [7, 11) is 0. The molecular weight excluding hydrogens is 331 g/mol. The number of rotatable bonds is 5. The molecule has 0 amide bonds. The third-order valence-electron chi connectivity index (χ3n) is 4.89. The minimum Gasteiger partial charge on any atom is -0.384 e. The van der Waals surface area contributed by atoms with Gasteiger partial charge in [-0.2, -0.15) is 0 Å². The van der Waals surface area contributed by atoms with E-state index in [0.717, 1.165) is 55.5 Å². The van der Waals surface area contributed by atoms with E-state index in [4.69, 9.17) is 12.6 Å². The Morgan fingerprint density at radius 2 is 1.96 bits per heavy atom. The summed E-state index contributed by atoms with van der Waals surface area (Å²) >= 11 is 4.72. The van der Waals surface area contributed by atoms with E-state index in [0.29, 0.717) is 6.04 Å². The Kier molecular flexibility index (Phi) is 6.24. The monoisotopic (exact) mass is 358 g/mol. The topological polar surface area (TPSA) is 24.1 Å². The Labute approximate surface area is 155 Å². The van der Waals surface area contributed by atoms with E-state index in [9.17, 15) is 4.39 Å². The summed E-state index contributed by atoms with van der Waals surface area (Å²) in [4.78, 5) is 1.07. The number of nitrogens with one attached hydrogen (secondary N) is 2. The van der Waals surface area contributed by atoms with E-state index in [-0.39, 0.29) is 5.82 Å². The summed E-state index contributed by atoms with van der Waals surface area (Å²) in [6, 6.07) is 7.24. The number of benzene rings is 1. The first-order valence-electron chi connectivity index (χ1n) is 9.23. The number of dihydropyridines is 1. The van der Waals surface area contributed by atoms with Crippen LogP contribution >= 0.6 is 12.6 Å². The maximum absolute atomic E-state index is 13.0. The van der Waals surface area contributed by atoms with Crippen molar-refractivity contribution >= 4 is 18.7 Å². The molecule has 1 aromatic rings. The van der Waals surface area contributed by atoms with Crippen molar-refractivity contribution in [1.29, 1.82) is 0 Å². The quantitative estimate of drug-likeness (QED) is 0.633. The Balaban J connectivity index is 1.56. The Morgan fingerprint density at radius 3 is 2.64 bits per heavy atom. The fourth-order valence-electron chi connectivity index (χ4n) is 3.50. The Hall–Kier alpha value is -1.68. The van der Waals surface area contributed by atoms with Gasteiger partial charge in [0, 0.05) is 28.9 Å². The van der Waals surface area contributed by atoms with Gasteiger partial charge in [0.15, 0.2) is 0 Å². The van der Waals surface area contributed by atoms with E-state index in [1.807, 2.05) is 12.1 Å². The lowest BCUT2D eigenvalue weighted by Crippen LogP contribution is -2.34. The lowest BCUT2D eigenvalue weighted by molar-refractivity contribution is 0.453. The van der Waals surface area contributed by atoms with Gasteiger partial charge in [-0.3, -0.25) is 0 Å². The summed E-state index contributed by atoms with van der Waals surface area (Å²) in [5.41, 5.74) is 4.98. The molecule has 0 atom stereocenters. The van der Waals surface area contributed by atoms with Gasteiger partial charge in [-0.05, 0) is 55.9 Å². The molecule has 1 aliphatic carbocycles. The van der Waals surface area contributed by atoms with Crippen LogP contribution in [0.4, 0.5) is 4.39 Å². The van der Waals surface area contributed by atoms with Crippen LogP contribution in [0, 0.1) is 5.82 Å². The van der Waals surface area contributed by atoms with Crippen LogP contribution in [0.25, 0.3) is 6.08 Å². The second-order valence-corrected chi connectivity index (χ2v) is 7.30. The molecule has 3 rings (SSSR count). The number of halogens is 1. The molecule has 2 nitrogen and oxygen atoms in total. The average Bonchev–Trinajstić information content (AvgIpc) is 2.62. The minimum absolute atomic E-state index is 0.177. The first kappa shape index (κ1) is 18.1. The normalized spacial score (nSPS) is 20.8. The van der Waals surface area contributed by atoms with E-state index in [1.165, 1.54) is 29.1 Å². The Morgan fingerprint density at radius 1 is 1.24 bits per heavy atom. The van der Waals surface area contributed by atoms with Crippen molar-refractivity contribution in [3.63, 3.8) is 0 Å². The average molecular weight is 359 g/mol. The van der Waals surface area contributed by atoms with Gasteiger partial charge in [0.05, 0.1) is 0 Å². The fourth-order valence-corrected chi connectivity index (χ4v) is 3.84. The second-order valence-electron chi connectivity index (χ2n) is 6.85. The number of allylic oxidation sites excluding steroid dienone is 2. The zero-order chi connectivity index (χ0) is 17.6. The van der Waals surface area contributed by atoms with E-state index in [1.54, 1.807) is 0 Å². The third kappa shape index (κ3) is 4.91. The number of hydrogen-bond donors (Lipinski definition) is 3. The smallest absolute Gasteiger partial charge is 0.123 e. The molecule has 1 heterocycles. The van der Waals surface area contributed by atoms with Crippen LogP contribution in [-0.2, 0) is 0 Å². The number of hydrogen-bond acceptors (Lipinski definition) is 3. The number of thiol groups is 1. The van der Waals surface area contributed by atoms with E-state index >= 15 is 0 Å². The summed E-state index contributed by atoms with van der Waals surface area (Å²) in [6.45, 7) is 3.07. The van der Waals surface area contributed by atoms with Gasteiger partial charge in [-0.15, -0.1) is 12.6 Å². The largest absolute Gasteiger partial charge is 0.384 e. The molecule has 1 aliphatic heterocycles. The molecule has 0 unspecified atom stereocenters. The van der Waals surface area contributed by atoms with Gasteiger partial charge in [0.25, 0.3) is 0 Å². The molecule has 25 heavy (non-hydrogen) atoms. The molecule has 1 fully saturated rings. The first-order valence-corrected chi connectivity index (χ1v) is 9.68. The lowest BCUT2D eigenvalue weighted by Gasteiger charge is -2.29. The molecule has 134 valence electrons. The third-order valence-corrected chi connectivity index (χ3v) is 5.40. The molecule has 1 saturated carbocycles. The highest BCUT2D eigenvalue weighted by atomic mass is 32.1. The molecule has 4 heteroatoms. The highest BCUT2D eigenvalue weighted by Gasteiger charge is 2.20. The lowest BCUT2D eigenvalue weighted by atomic mass is 9.89. The maximum Gasteiger partial charge on any atom is 0.123 e. The summed E-state index contributed by atoms with van der Waals surface area (Å²) in [5.74, 6) is -0.177. The van der Waals surface area contributed by atoms with Crippen molar-refractivity contribution in [1.82, 2.24) is 10.6 Å². The molecule has 0 saturated heterocycles. The molecule has 2 N–H and O–H groups in total. The summed E-state index contributed by atoms with van der Waals surface area (Å²) in [5, 5.41) is 7.12. The fraction of sp³-hybridized carbons (Fsp3) is 0.429. The van der Waals surface area contributed by atoms with Gasteiger partial charge in [0.1, 0.15) is 5.82 Å². The highest BCUT2D eigenvalue weighted by Crippen LogP contribution is 2.28. The van der Waals surface area contributed by atoms with Crippen molar-refractivity contribution in [2.24, 2.45) is 0 Å². The van der Waals surface area contributed by atoms with Crippen molar-refractivity contribution in [3.8, 4) is 0 Å². The molecule has 0 bridgehead atoms. The van der Waals surface area contributed by atoms with Crippen LogP contribution in [0.3, 0.4) is 0 Å².